The van der Waals surface area contributed by atoms with E-state index < -0.39 is 14.9 Å². The summed E-state index contributed by atoms with van der Waals surface area (Å²) >= 11 is 0.862. The Bertz CT molecular complexity index is 974. The van der Waals surface area contributed by atoms with Gasteiger partial charge in [-0.3, -0.25) is 19.9 Å². The van der Waals surface area contributed by atoms with Gasteiger partial charge in [0.25, 0.3) is 15.7 Å². The standard InChI is InChI=1S/C12H10N4O4S2/c1-7-11(16(17)18)5-12(21-7)22(19,20)15-9-3-2-8-6-13-14-10(8)4-9/h2-6,15H,1H3,(H,13,14). The summed E-state index contributed by atoms with van der Waals surface area (Å²) in [6.07, 6.45) is 1.62. The third kappa shape index (κ3) is 2.53. The largest absolute Gasteiger partial charge is 0.284 e. The molecule has 22 heavy (non-hydrogen) atoms. The number of hydrogen-bond donors (Lipinski definition) is 2. The third-order valence-corrected chi connectivity index (χ3v) is 5.92. The van der Waals surface area contributed by atoms with E-state index >= 15 is 0 Å². The highest BCUT2D eigenvalue weighted by Gasteiger charge is 2.24. The summed E-state index contributed by atoms with van der Waals surface area (Å²) in [4.78, 5) is 10.6. The SMILES string of the molecule is Cc1sc(S(=O)(=O)Nc2ccc3cn[nH]c3c2)cc1[N+](=O)[O-]. The quantitative estimate of drug-likeness (QED) is 0.560. The predicted octanol–water partition coefficient (Wildman–Crippen LogP) is 2.64. The number of nitro groups is 1. The van der Waals surface area contributed by atoms with Crippen LogP contribution in [0.3, 0.4) is 0 Å². The van der Waals surface area contributed by atoms with Crippen molar-refractivity contribution in [3.8, 4) is 0 Å². The number of anilines is 1. The second kappa shape index (κ2) is 5.07. The number of benzene rings is 1. The zero-order valence-electron chi connectivity index (χ0n) is 11.2. The van der Waals surface area contributed by atoms with Crippen molar-refractivity contribution in [2.24, 2.45) is 0 Å². The van der Waals surface area contributed by atoms with Crippen LogP contribution in [0.5, 0.6) is 0 Å². The van der Waals surface area contributed by atoms with E-state index in [0.717, 1.165) is 22.8 Å². The summed E-state index contributed by atoms with van der Waals surface area (Å²) in [5.74, 6) is 0. The number of nitrogens with zero attached hydrogens (tertiary/aromatic N) is 2. The van der Waals surface area contributed by atoms with Crippen LogP contribution in [0, 0.1) is 17.0 Å². The third-order valence-electron chi connectivity index (χ3n) is 3.02. The number of aromatic amines is 1. The minimum atomic E-state index is -3.87. The number of aromatic nitrogens is 2. The Labute approximate surface area is 129 Å². The van der Waals surface area contributed by atoms with Crippen LogP contribution in [0.25, 0.3) is 10.9 Å². The maximum atomic E-state index is 12.3. The fraction of sp³-hybridized carbons (Fsp3) is 0.0833. The highest BCUT2D eigenvalue weighted by atomic mass is 32.2. The van der Waals surface area contributed by atoms with Crippen LogP contribution in [0.15, 0.2) is 34.7 Å². The number of nitrogens with one attached hydrogen (secondary N) is 2. The van der Waals surface area contributed by atoms with Gasteiger partial charge >= 0.3 is 0 Å². The number of H-pyrrole nitrogens is 1. The van der Waals surface area contributed by atoms with E-state index in [-0.39, 0.29) is 9.90 Å². The average molecular weight is 338 g/mol. The zero-order chi connectivity index (χ0) is 15.9. The van der Waals surface area contributed by atoms with Crippen LogP contribution in [0.1, 0.15) is 4.88 Å². The maximum absolute atomic E-state index is 12.3. The second-order valence-corrected chi connectivity index (χ2v) is 7.71. The molecule has 0 fully saturated rings. The lowest BCUT2D eigenvalue weighted by molar-refractivity contribution is -0.385. The molecule has 0 aliphatic rings. The predicted molar refractivity (Wildman–Crippen MR) is 82.6 cm³/mol. The van der Waals surface area contributed by atoms with Gasteiger partial charge in [0.05, 0.1) is 27.2 Å². The molecule has 8 nitrogen and oxygen atoms in total. The van der Waals surface area contributed by atoms with E-state index in [0.29, 0.717) is 16.1 Å². The van der Waals surface area contributed by atoms with E-state index in [9.17, 15) is 18.5 Å². The topological polar surface area (TPSA) is 118 Å². The number of fused-ring (bicyclic) bond motifs is 1. The summed E-state index contributed by atoms with van der Waals surface area (Å²) in [6, 6.07) is 5.99. The molecule has 0 spiro atoms. The molecule has 0 amide bonds. The van der Waals surface area contributed by atoms with Gasteiger partial charge in [-0.1, -0.05) is 0 Å². The van der Waals surface area contributed by atoms with Crippen LogP contribution in [-0.2, 0) is 10.0 Å². The van der Waals surface area contributed by atoms with Crippen molar-refractivity contribution < 1.29 is 13.3 Å². The molecule has 0 aliphatic carbocycles. The van der Waals surface area contributed by atoms with Crippen molar-refractivity contribution in [3.05, 3.63) is 45.5 Å². The van der Waals surface area contributed by atoms with Gasteiger partial charge in [0.2, 0.25) is 0 Å². The number of aryl methyl sites for hydroxylation is 1. The van der Waals surface area contributed by atoms with Gasteiger partial charge in [0, 0.05) is 11.5 Å². The van der Waals surface area contributed by atoms with Crippen LogP contribution in [-0.4, -0.2) is 23.5 Å². The molecule has 10 heteroatoms. The minimum Gasteiger partial charge on any atom is -0.279 e. The Hall–Kier alpha value is -2.46. The van der Waals surface area contributed by atoms with E-state index in [1.165, 1.54) is 6.92 Å². The van der Waals surface area contributed by atoms with Crippen molar-refractivity contribution in [3.63, 3.8) is 0 Å². The Kier molecular flexibility index (Phi) is 3.34. The maximum Gasteiger partial charge on any atom is 0.284 e. The molecular weight excluding hydrogens is 328 g/mol. The van der Waals surface area contributed by atoms with Crippen molar-refractivity contribution in [1.82, 2.24) is 10.2 Å². The first-order chi connectivity index (χ1) is 10.4. The second-order valence-electron chi connectivity index (χ2n) is 4.54. The van der Waals surface area contributed by atoms with E-state index in [1.54, 1.807) is 24.4 Å². The number of sulfonamides is 1. The van der Waals surface area contributed by atoms with Crippen molar-refractivity contribution in [2.45, 2.75) is 11.1 Å². The van der Waals surface area contributed by atoms with Gasteiger partial charge < -0.3 is 0 Å². The fourth-order valence-electron chi connectivity index (χ4n) is 1.97. The van der Waals surface area contributed by atoms with E-state index in [4.69, 9.17) is 0 Å². The molecule has 0 bridgehead atoms. The number of hydrogen-bond acceptors (Lipinski definition) is 6. The lowest BCUT2D eigenvalue weighted by Crippen LogP contribution is -2.11. The summed E-state index contributed by atoms with van der Waals surface area (Å²) < 4.78 is 26.9. The highest BCUT2D eigenvalue weighted by Crippen LogP contribution is 2.32. The van der Waals surface area contributed by atoms with Gasteiger partial charge in [0.1, 0.15) is 4.21 Å². The lowest BCUT2D eigenvalue weighted by Gasteiger charge is -2.05. The molecular formula is C12H10N4O4S2. The van der Waals surface area contributed by atoms with Gasteiger partial charge in [-0.15, -0.1) is 11.3 Å². The Morgan fingerprint density at radius 1 is 1.36 bits per heavy atom. The summed E-state index contributed by atoms with van der Waals surface area (Å²) in [6.45, 7) is 1.51. The first-order valence-corrected chi connectivity index (χ1v) is 8.37. The van der Waals surface area contributed by atoms with Gasteiger partial charge in [-0.2, -0.15) is 5.10 Å². The normalized spacial score (nSPS) is 11.7. The molecule has 0 radical (unpaired) electrons. The molecule has 0 aliphatic heterocycles. The van der Waals surface area contributed by atoms with Gasteiger partial charge in [-0.25, -0.2) is 8.42 Å². The molecule has 2 N–H and O–H groups in total. The van der Waals surface area contributed by atoms with Crippen LogP contribution in [0.4, 0.5) is 11.4 Å². The summed E-state index contributed by atoms with van der Waals surface area (Å²) in [5.41, 5.74) is 0.841. The van der Waals surface area contributed by atoms with Crippen molar-refractivity contribution >= 4 is 43.6 Å². The van der Waals surface area contributed by atoms with Gasteiger partial charge in [-0.05, 0) is 25.1 Å². The summed E-state index contributed by atoms with van der Waals surface area (Å²) in [5, 5.41) is 18.3. The van der Waals surface area contributed by atoms with Crippen molar-refractivity contribution in [1.29, 1.82) is 0 Å². The minimum absolute atomic E-state index is 0.0959. The molecule has 0 atom stereocenters. The average Bonchev–Trinajstić information content (AvgIpc) is 3.04. The molecule has 3 aromatic rings. The highest BCUT2D eigenvalue weighted by molar-refractivity contribution is 7.94. The molecule has 0 saturated carbocycles. The monoisotopic (exact) mass is 338 g/mol. The zero-order valence-corrected chi connectivity index (χ0v) is 12.9. The van der Waals surface area contributed by atoms with Crippen LogP contribution in [0.2, 0.25) is 0 Å². The molecule has 0 unspecified atom stereocenters. The lowest BCUT2D eigenvalue weighted by atomic mass is 10.2. The Balaban J connectivity index is 1.95. The molecule has 2 heterocycles. The van der Waals surface area contributed by atoms with Crippen molar-refractivity contribution in [2.75, 3.05) is 4.72 Å². The summed E-state index contributed by atoms with van der Waals surface area (Å²) in [7, 11) is -3.87. The molecule has 2 aromatic heterocycles. The van der Waals surface area contributed by atoms with E-state index in [1.807, 2.05) is 0 Å². The van der Waals surface area contributed by atoms with Gasteiger partial charge in [0.15, 0.2) is 0 Å². The molecule has 3 rings (SSSR count). The van der Waals surface area contributed by atoms with E-state index in [2.05, 4.69) is 14.9 Å². The van der Waals surface area contributed by atoms with Crippen LogP contribution < -0.4 is 4.72 Å². The number of rotatable bonds is 4. The fourth-order valence-corrected chi connectivity index (χ4v) is 4.42. The molecule has 0 saturated heterocycles. The Morgan fingerprint density at radius 2 is 2.14 bits per heavy atom. The first-order valence-electron chi connectivity index (χ1n) is 6.07. The first kappa shape index (κ1) is 14.5. The van der Waals surface area contributed by atoms with Crippen LogP contribution >= 0.6 is 11.3 Å². The molecule has 1 aromatic carbocycles. The smallest absolute Gasteiger partial charge is 0.279 e. The number of thiophene rings is 1. The molecule has 114 valence electrons. The Morgan fingerprint density at radius 3 is 2.82 bits per heavy atom.